The van der Waals surface area contributed by atoms with E-state index in [1.807, 2.05) is 6.07 Å². The quantitative estimate of drug-likeness (QED) is 0.771. The monoisotopic (exact) mass is 275 g/mol. The van der Waals surface area contributed by atoms with Crippen LogP contribution >= 0.6 is 11.6 Å². The van der Waals surface area contributed by atoms with Crippen molar-refractivity contribution in [1.82, 2.24) is 9.13 Å². The molecule has 0 amide bonds. The molecule has 0 saturated carbocycles. The highest BCUT2D eigenvalue weighted by molar-refractivity contribution is 6.29. The topological polar surface area (TPSA) is 67.8 Å². The van der Waals surface area contributed by atoms with Gasteiger partial charge in [-0.15, -0.1) is 0 Å². The zero-order valence-electron chi connectivity index (χ0n) is 10.1. The molecule has 2 rings (SSSR count). The summed E-state index contributed by atoms with van der Waals surface area (Å²) >= 11 is 5.91. The Morgan fingerprint density at radius 1 is 1.26 bits per heavy atom. The number of nitriles is 1. The predicted octanol–water partition coefficient (Wildman–Crippen LogP) is 1.12. The van der Waals surface area contributed by atoms with Gasteiger partial charge in [-0.1, -0.05) is 23.7 Å². The zero-order valence-corrected chi connectivity index (χ0v) is 10.9. The van der Waals surface area contributed by atoms with Crippen LogP contribution in [0.25, 0.3) is 0 Å². The molecule has 0 aliphatic carbocycles. The number of nitrogens with zero attached hydrogens (tertiary/aromatic N) is 3. The van der Waals surface area contributed by atoms with Gasteiger partial charge in [0.05, 0.1) is 18.2 Å². The van der Waals surface area contributed by atoms with Crippen molar-refractivity contribution in [3.8, 4) is 6.07 Å². The summed E-state index contributed by atoms with van der Waals surface area (Å²) in [7, 11) is 1.40. The Bertz CT molecular complexity index is 766. The summed E-state index contributed by atoms with van der Waals surface area (Å²) in [5.41, 5.74) is 0.456. The fourth-order valence-corrected chi connectivity index (χ4v) is 1.88. The van der Waals surface area contributed by atoms with Crippen molar-refractivity contribution in [1.29, 1.82) is 5.26 Å². The first-order valence-electron chi connectivity index (χ1n) is 5.48. The molecule has 0 aliphatic rings. The Morgan fingerprint density at radius 3 is 2.47 bits per heavy atom. The van der Waals surface area contributed by atoms with E-state index in [9.17, 15) is 9.59 Å². The van der Waals surface area contributed by atoms with E-state index in [2.05, 4.69) is 0 Å². The van der Waals surface area contributed by atoms with Crippen molar-refractivity contribution in [3.05, 3.63) is 67.4 Å². The summed E-state index contributed by atoms with van der Waals surface area (Å²) in [4.78, 5) is 23.3. The van der Waals surface area contributed by atoms with Crippen molar-refractivity contribution in [3.63, 3.8) is 0 Å². The van der Waals surface area contributed by atoms with Gasteiger partial charge in [0.1, 0.15) is 5.15 Å². The molecule has 96 valence electrons. The Balaban J connectivity index is 2.44. The molecule has 0 unspecified atom stereocenters. The standard InChI is InChI=1S/C13H10ClN3O2/c1-16-12(18)6-11(14)17(13(16)19)8-10-4-2-9(7-15)3-5-10/h2-6H,8H2,1H3. The Labute approximate surface area is 113 Å². The molecule has 19 heavy (non-hydrogen) atoms. The molecule has 0 N–H and O–H groups in total. The maximum atomic E-state index is 11.9. The van der Waals surface area contributed by atoms with Crippen LogP contribution in [0.3, 0.4) is 0 Å². The Kier molecular flexibility index (Phi) is 3.54. The average Bonchev–Trinajstić information content (AvgIpc) is 2.42. The van der Waals surface area contributed by atoms with Gasteiger partial charge in [0.25, 0.3) is 5.56 Å². The molecule has 0 bridgehead atoms. The van der Waals surface area contributed by atoms with E-state index in [4.69, 9.17) is 16.9 Å². The number of aromatic nitrogens is 2. The lowest BCUT2D eigenvalue weighted by atomic mass is 10.1. The molecule has 1 aromatic carbocycles. The molecular weight excluding hydrogens is 266 g/mol. The Hall–Kier alpha value is -2.32. The van der Waals surface area contributed by atoms with Crippen LogP contribution in [0, 0.1) is 11.3 Å². The number of hydrogen-bond donors (Lipinski definition) is 0. The molecule has 0 spiro atoms. The maximum absolute atomic E-state index is 11.9. The van der Waals surface area contributed by atoms with Gasteiger partial charge in [-0.25, -0.2) is 4.79 Å². The third-order valence-corrected chi connectivity index (χ3v) is 3.09. The van der Waals surface area contributed by atoms with Gasteiger partial charge in [-0.3, -0.25) is 13.9 Å². The number of halogens is 1. The average molecular weight is 276 g/mol. The van der Waals surface area contributed by atoms with Gasteiger partial charge in [0, 0.05) is 13.1 Å². The van der Waals surface area contributed by atoms with E-state index in [0.29, 0.717) is 5.56 Å². The largest absolute Gasteiger partial charge is 0.332 e. The van der Waals surface area contributed by atoms with Crippen molar-refractivity contribution in [2.45, 2.75) is 6.54 Å². The first kappa shape index (κ1) is 13.1. The summed E-state index contributed by atoms with van der Waals surface area (Å²) in [5, 5.41) is 8.80. The van der Waals surface area contributed by atoms with Crippen LogP contribution in [0.2, 0.25) is 5.15 Å². The number of rotatable bonds is 2. The molecule has 0 aliphatic heterocycles. The summed E-state index contributed by atoms with van der Waals surface area (Å²) in [6.07, 6.45) is 0. The maximum Gasteiger partial charge on any atom is 0.332 e. The van der Waals surface area contributed by atoms with Crippen LogP contribution in [-0.4, -0.2) is 9.13 Å². The van der Waals surface area contributed by atoms with Crippen molar-refractivity contribution in [2.75, 3.05) is 0 Å². The summed E-state index contributed by atoms with van der Waals surface area (Å²) < 4.78 is 2.29. The molecular formula is C13H10ClN3O2. The fourth-order valence-electron chi connectivity index (χ4n) is 1.65. The van der Waals surface area contributed by atoms with E-state index >= 15 is 0 Å². The van der Waals surface area contributed by atoms with Crippen molar-refractivity contribution in [2.24, 2.45) is 7.05 Å². The minimum atomic E-state index is -0.471. The minimum Gasteiger partial charge on any atom is -0.279 e. The highest BCUT2D eigenvalue weighted by atomic mass is 35.5. The molecule has 5 nitrogen and oxygen atoms in total. The Morgan fingerprint density at radius 2 is 1.89 bits per heavy atom. The normalized spacial score (nSPS) is 10.2. The van der Waals surface area contributed by atoms with E-state index in [0.717, 1.165) is 10.1 Å². The number of hydrogen-bond acceptors (Lipinski definition) is 3. The molecule has 0 saturated heterocycles. The highest BCUT2D eigenvalue weighted by Crippen LogP contribution is 2.08. The van der Waals surface area contributed by atoms with Crippen molar-refractivity contribution >= 4 is 11.6 Å². The van der Waals surface area contributed by atoms with E-state index in [1.165, 1.54) is 17.7 Å². The summed E-state index contributed by atoms with van der Waals surface area (Å²) in [6.45, 7) is 0.248. The molecule has 0 atom stereocenters. The van der Waals surface area contributed by atoms with Crippen LogP contribution in [0.1, 0.15) is 11.1 Å². The van der Waals surface area contributed by atoms with Crippen molar-refractivity contribution < 1.29 is 0 Å². The zero-order chi connectivity index (χ0) is 14.0. The van der Waals surface area contributed by atoms with Crippen LogP contribution < -0.4 is 11.2 Å². The van der Waals surface area contributed by atoms with Crippen LogP contribution in [0.4, 0.5) is 0 Å². The lowest BCUT2D eigenvalue weighted by Crippen LogP contribution is -2.37. The van der Waals surface area contributed by atoms with Crippen LogP contribution in [0.5, 0.6) is 0 Å². The molecule has 0 fully saturated rings. The molecule has 6 heteroatoms. The first-order valence-corrected chi connectivity index (χ1v) is 5.86. The van der Waals surface area contributed by atoms with Gasteiger partial charge in [-0.05, 0) is 17.7 Å². The SMILES string of the molecule is Cn1c(=O)cc(Cl)n(Cc2ccc(C#N)cc2)c1=O. The summed E-state index contributed by atoms with van der Waals surface area (Å²) in [6, 6.07) is 10.0. The smallest absolute Gasteiger partial charge is 0.279 e. The van der Waals surface area contributed by atoms with E-state index < -0.39 is 11.2 Å². The highest BCUT2D eigenvalue weighted by Gasteiger charge is 2.07. The predicted molar refractivity (Wildman–Crippen MR) is 71.2 cm³/mol. The third-order valence-electron chi connectivity index (χ3n) is 2.77. The van der Waals surface area contributed by atoms with Crippen LogP contribution in [0.15, 0.2) is 39.9 Å². The second kappa shape index (κ2) is 5.12. The third kappa shape index (κ3) is 2.59. The molecule has 1 aromatic heterocycles. The van der Waals surface area contributed by atoms with Crippen LogP contribution in [-0.2, 0) is 13.6 Å². The van der Waals surface area contributed by atoms with Gasteiger partial charge in [0.2, 0.25) is 0 Å². The fraction of sp³-hybridized carbons (Fsp3) is 0.154. The molecule has 2 aromatic rings. The second-order valence-electron chi connectivity index (χ2n) is 4.04. The van der Waals surface area contributed by atoms with Gasteiger partial charge >= 0.3 is 5.69 Å². The summed E-state index contributed by atoms with van der Waals surface area (Å²) in [5.74, 6) is 0. The van der Waals surface area contributed by atoms with Gasteiger partial charge in [0.15, 0.2) is 0 Å². The minimum absolute atomic E-state index is 0.0949. The van der Waals surface area contributed by atoms with Gasteiger partial charge in [-0.2, -0.15) is 5.26 Å². The van der Waals surface area contributed by atoms with E-state index in [1.54, 1.807) is 24.3 Å². The lowest BCUT2D eigenvalue weighted by Gasteiger charge is -2.09. The second-order valence-corrected chi connectivity index (χ2v) is 4.43. The molecule has 1 heterocycles. The van der Waals surface area contributed by atoms with E-state index in [-0.39, 0.29) is 11.7 Å². The first-order chi connectivity index (χ1) is 9.02. The molecule has 0 radical (unpaired) electrons. The number of benzene rings is 1. The lowest BCUT2D eigenvalue weighted by molar-refractivity contribution is 0.646. The van der Waals surface area contributed by atoms with Gasteiger partial charge < -0.3 is 0 Å².